The molecule has 37 heavy (non-hydrogen) atoms. The van der Waals surface area contributed by atoms with Crippen LogP contribution in [-0.4, -0.2) is 44.4 Å². The molecule has 0 fully saturated rings. The van der Waals surface area contributed by atoms with E-state index in [-0.39, 0.29) is 78.9 Å². The number of hydrogen-bond donors (Lipinski definition) is 5. The molecule has 0 amide bonds. The van der Waals surface area contributed by atoms with Crippen LogP contribution in [-0.2, 0) is 17.6 Å². The van der Waals surface area contributed by atoms with E-state index in [2.05, 4.69) is 0 Å². The van der Waals surface area contributed by atoms with Gasteiger partial charge in [-0.05, 0) is 23.3 Å². The van der Waals surface area contributed by atoms with Crippen molar-refractivity contribution in [2.45, 2.75) is 31.7 Å². The molecule has 6 rings (SSSR count). The maximum absolute atomic E-state index is 13.5. The largest absolute Gasteiger partial charge is 0.506 e. The number of methoxy groups -OCH3 is 1. The molecule has 1 aromatic heterocycles. The fourth-order valence-corrected chi connectivity index (χ4v) is 5.52. The van der Waals surface area contributed by atoms with E-state index in [9.17, 15) is 35.1 Å². The summed E-state index contributed by atoms with van der Waals surface area (Å²) in [6.07, 6.45) is -1.47. The van der Waals surface area contributed by atoms with Crippen molar-refractivity contribution in [3.8, 4) is 34.1 Å². The van der Waals surface area contributed by atoms with Crippen molar-refractivity contribution in [1.82, 2.24) is 0 Å². The van der Waals surface area contributed by atoms with Gasteiger partial charge in [0.25, 0.3) is 0 Å². The van der Waals surface area contributed by atoms with Crippen LogP contribution in [0.4, 0.5) is 0 Å². The lowest BCUT2D eigenvalue weighted by Crippen LogP contribution is -2.39. The van der Waals surface area contributed by atoms with Crippen LogP contribution in [0, 0.1) is 0 Å². The van der Waals surface area contributed by atoms with Gasteiger partial charge in [-0.1, -0.05) is 17.7 Å². The Morgan fingerprint density at radius 2 is 1.78 bits per heavy atom. The Bertz CT molecular complexity index is 1770. The van der Waals surface area contributed by atoms with Gasteiger partial charge in [-0.3, -0.25) is 4.79 Å². The van der Waals surface area contributed by atoms with Crippen molar-refractivity contribution in [1.29, 1.82) is 0 Å². The molecule has 3 aromatic carbocycles. The first-order valence-electron chi connectivity index (χ1n) is 11.2. The van der Waals surface area contributed by atoms with Crippen LogP contribution in [0.2, 0.25) is 5.02 Å². The van der Waals surface area contributed by atoms with Gasteiger partial charge >= 0.3 is 5.97 Å². The number of carbonyl (C=O) groups is 1. The maximum atomic E-state index is 13.5. The Hall–Kier alpha value is -3.99. The third-order valence-electron chi connectivity index (χ3n) is 6.90. The molecule has 0 radical (unpaired) electrons. The van der Waals surface area contributed by atoms with E-state index in [4.69, 9.17) is 25.5 Å². The first-order valence-corrected chi connectivity index (χ1v) is 11.6. The number of fused-ring (bicyclic) bond motifs is 6. The SMILES string of the molecule is COc1c2c(c(O)c3c(=O)c4ccc(Cl)c(O)c4oc13)-c1c(cc3c(c1O)C(=O)OC(C)(O)C3)C(O)C2. The van der Waals surface area contributed by atoms with Crippen molar-refractivity contribution in [2.75, 3.05) is 7.11 Å². The van der Waals surface area contributed by atoms with Crippen LogP contribution in [0.5, 0.6) is 23.0 Å². The van der Waals surface area contributed by atoms with Crippen LogP contribution in [0.1, 0.15) is 40.1 Å². The lowest BCUT2D eigenvalue weighted by molar-refractivity contribution is -0.154. The van der Waals surface area contributed by atoms with Crippen LogP contribution in [0.15, 0.2) is 27.4 Å². The lowest BCUT2D eigenvalue weighted by atomic mass is 9.78. The quantitative estimate of drug-likeness (QED) is 0.183. The second kappa shape index (κ2) is 7.51. The summed E-state index contributed by atoms with van der Waals surface area (Å²) < 4.78 is 16.4. The number of aliphatic hydroxyl groups excluding tert-OH is 1. The predicted octanol–water partition coefficient (Wildman–Crippen LogP) is 3.40. The average Bonchev–Trinajstić information content (AvgIpc) is 2.81. The van der Waals surface area contributed by atoms with E-state index in [1.165, 1.54) is 32.2 Å². The minimum absolute atomic E-state index is 0.0199. The Labute approximate surface area is 212 Å². The summed E-state index contributed by atoms with van der Waals surface area (Å²) in [5, 5.41) is 54.0. The maximum Gasteiger partial charge on any atom is 0.344 e. The summed E-state index contributed by atoms with van der Waals surface area (Å²) in [6.45, 7) is 1.30. The van der Waals surface area contributed by atoms with Crippen molar-refractivity contribution in [3.05, 3.63) is 55.7 Å². The van der Waals surface area contributed by atoms with Gasteiger partial charge in [0.2, 0.25) is 11.2 Å². The van der Waals surface area contributed by atoms with Gasteiger partial charge in [-0.15, -0.1) is 0 Å². The smallest absolute Gasteiger partial charge is 0.344 e. The number of aromatic hydroxyl groups is 3. The zero-order valence-electron chi connectivity index (χ0n) is 19.4. The number of phenolic OH excluding ortho intramolecular Hbond substituents is 3. The normalized spacial score (nSPS) is 20.4. The summed E-state index contributed by atoms with van der Waals surface area (Å²) in [7, 11) is 1.29. The molecule has 0 spiro atoms. The van der Waals surface area contributed by atoms with E-state index in [1.807, 2.05) is 0 Å². The highest BCUT2D eigenvalue weighted by molar-refractivity contribution is 6.33. The number of carbonyl (C=O) groups excluding carboxylic acids is 1. The van der Waals surface area contributed by atoms with Crippen LogP contribution in [0.25, 0.3) is 33.1 Å². The summed E-state index contributed by atoms with van der Waals surface area (Å²) in [5.41, 5.74) is -0.824. The summed E-state index contributed by atoms with van der Waals surface area (Å²) in [6, 6.07) is 4.10. The molecule has 1 aliphatic carbocycles. The lowest BCUT2D eigenvalue weighted by Gasteiger charge is -2.33. The number of phenols is 3. The predicted molar refractivity (Wildman–Crippen MR) is 130 cm³/mol. The number of benzene rings is 3. The molecule has 2 heterocycles. The minimum atomic E-state index is -1.81. The Balaban J connectivity index is 1.77. The second-order valence-corrected chi connectivity index (χ2v) is 9.74. The molecule has 190 valence electrons. The zero-order valence-corrected chi connectivity index (χ0v) is 20.1. The number of ether oxygens (including phenoxy) is 2. The highest BCUT2D eigenvalue weighted by Gasteiger charge is 2.41. The third-order valence-corrected chi connectivity index (χ3v) is 7.20. The molecule has 4 aromatic rings. The molecule has 11 heteroatoms. The van der Waals surface area contributed by atoms with Crippen LogP contribution >= 0.6 is 11.6 Å². The highest BCUT2D eigenvalue weighted by Crippen LogP contribution is 2.55. The topological polar surface area (TPSA) is 167 Å². The molecule has 1 aliphatic heterocycles. The highest BCUT2D eigenvalue weighted by atomic mass is 35.5. The molecule has 10 nitrogen and oxygen atoms in total. The van der Waals surface area contributed by atoms with Gasteiger partial charge in [-0.25, -0.2) is 4.79 Å². The summed E-state index contributed by atoms with van der Waals surface area (Å²) >= 11 is 5.98. The molecule has 2 unspecified atom stereocenters. The van der Waals surface area contributed by atoms with E-state index in [0.29, 0.717) is 0 Å². The summed E-state index contributed by atoms with van der Waals surface area (Å²) in [5.74, 6) is -4.44. The van der Waals surface area contributed by atoms with Gasteiger partial charge in [0.1, 0.15) is 22.4 Å². The standard InChI is InChI=1S/C26H19ClO10/c1-26(34)7-8-5-10-13(28)6-11-16(15(10)20(31)14(8)25(33)37-26)21(32)17-18(29)9-3-4-12(27)19(30)22(9)36-24(17)23(11)35-2/h3-5,13,28,30-32,34H,6-7H2,1-2H3. The van der Waals surface area contributed by atoms with E-state index in [0.717, 1.165) is 0 Å². The van der Waals surface area contributed by atoms with Crippen LogP contribution < -0.4 is 10.2 Å². The Morgan fingerprint density at radius 1 is 1.05 bits per heavy atom. The first-order chi connectivity index (χ1) is 17.4. The average molecular weight is 527 g/mol. The molecule has 0 saturated carbocycles. The van der Waals surface area contributed by atoms with Crippen molar-refractivity contribution in [3.63, 3.8) is 0 Å². The van der Waals surface area contributed by atoms with Gasteiger partial charge in [0.05, 0.1) is 23.6 Å². The van der Waals surface area contributed by atoms with E-state index < -0.39 is 40.5 Å². The molecular weight excluding hydrogens is 508 g/mol. The van der Waals surface area contributed by atoms with Gasteiger partial charge in [0, 0.05) is 36.5 Å². The molecule has 2 aliphatic rings. The van der Waals surface area contributed by atoms with Crippen molar-refractivity contribution in [2.24, 2.45) is 0 Å². The van der Waals surface area contributed by atoms with Crippen molar-refractivity contribution < 1.29 is 44.2 Å². The van der Waals surface area contributed by atoms with E-state index >= 15 is 0 Å². The van der Waals surface area contributed by atoms with E-state index in [1.54, 1.807) is 0 Å². The molecule has 0 bridgehead atoms. The Kier molecular flexibility index (Phi) is 4.75. The molecule has 0 saturated heterocycles. The number of cyclic esters (lactones) is 1. The fraction of sp³-hybridized carbons (Fsp3) is 0.231. The molecule has 2 atom stereocenters. The van der Waals surface area contributed by atoms with Gasteiger partial charge in [-0.2, -0.15) is 0 Å². The third kappa shape index (κ3) is 3.06. The number of hydrogen-bond acceptors (Lipinski definition) is 10. The number of esters is 1. The number of halogens is 1. The van der Waals surface area contributed by atoms with Gasteiger partial charge in [0.15, 0.2) is 22.7 Å². The van der Waals surface area contributed by atoms with Crippen molar-refractivity contribution >= 4 is 39.5 Å². The minimum Gasteiger partial charge on any atom is -0.506 e. The van der Waals surface area contributed by atoms with Gasteiger partial charge < -0.3 is 39.4 Å². The monoisotopic (exact) mass is 526 g/mol. The number of rotatable bonds is 1. The fourth-order valence-electron chi connectivity index (χ4n) is 5.38. The second-order valence-electron chi connectivity index (χ2n) is 9.33. The first kappa shape index (κ1) is 23.4. The molecular formula is C26H19ClO10. The zero-order chi connectivity index (χ0) is 26.5. The molecule has 5 N–H and O–H groups in total. The summed E-state index contributed by atoms with van der Waals surface area (Å²) in [4.78, 5) is 26.2. The Morgan fingerprint density at radius 3 is 2.49 bits per heavy atom. The number of aliphatic hydroxyl groups is 2. The van der Waals surface area contributed by atoms with Crippen LogP contribution in [0.3, 0.4) is 0 Å².